The van der Waals surface area contributed by atoms with Crippen molar-refractivity contribution in [3.63, 3.8) is 0 Å². The van der Waals surface area contributed by atoms with Crippen molar-refractivity contribution in [1.82, 2.24) is 9.13 Å². The minimum absolute atomic E-state index is 0.924. The summed E-state index contributed by atoms with van der Waals surface area (Å²) >= 11 is 0. The number of benzene rings is 7. The number of para-hydroxylation sites is 4. The quantitative estimate of drug-likeness (QED) is 0.176. The molecular formula is C46H36N2. The van der Waals surface area contributed by atoms with Crippen molar-refractivity contribution in [3.8, 4) is 11.4 Å². The van der Waals surface area contributed by atoms with Crippen LogP contribution in [0.5, 0.6) is 0 Å². The van der Waals surface area contributed by atoms with Crippen LogP contribution in [0.4, 0.5) is 0 Å². The molecule has 0 saturated carbocycles. The summed E-state index contributed by atoms with van der Waals surface area (Å²) in [6.07, 6.45) is 1.85. The van der Waals surface area contributed by atoms with Crippen molar-refractivity contribution in [2.24, 2.45) is 0 Å². The number of aryl methyl sites for hydroxylation is 2. The number of fused-ring (bicyclic) bond motifs is 6. The van der Waals surface area contributed by atoms with E-state index in [1.807, 2.05) is 0 Å². The van der Waals surface area contributed by atoms with E-state index in [4.69, 9.17) is 0 Å². The Morgan fingerprint density at radius 3 is 0.958 bits per heavy atom. The van der Waals surface area contributed by atoms with Gasteiger partial charge in [-0.3, -0.25) is 0 Å². The molecular weight excluding hydrogens is 581 g/mol. The third-order valence-corrected chi connectivity index (χ3v) is 10.1. The van der Waals surface area contributed by atoms with Crippen LogP contribution < -0.4 is 0 Å². The van der Waals surface area contributed by atoms with E-state index in [0.717, 1.165) is 12.8 Å². The van der Waals surface area contributed by atoms with Crippen LogP contribution in [0.2, 0.25) is 0 Å². The highest BCUT2D eigenvalue weighted by Crippen LogP contribution is 2.33. The smallest absolute Gasteiger partial charge is 0.0541 e. The molecule has 0 bridgehead atoms. The molecule has 0 aliphatic heterocycles. The fraction of sp³-hybridized carbons (Fsp3) is 0.0870. The Morgan fingerprint density at radius 2 is 0.646 bits per heavy atom. The largest absolute Gasteiger partial charge is 0.309 e. The Balaban J connectivity index is 0.960. The molecule has 0 amide bonds. The first-order chi connectivity index (χ1) is 23.6. The van der Waals surface area contributed by atoms with Crippen molar-refractivity contribution < 1.29 is 0 Å². The molecule has 2 nitrogen and oxygen atoms in total. The Labute approximate surface area is 281 Å². The van der Waals surface area contributed by atoms with Gasteiger partial charge in [0.2, 0.25) is 0 Å². The highest BCUT2D eigenvalue weighted by molar-refractivity contribution is 6.10. The molecule has 0 aliphatic rings. The fourth-order valence-electron chi connectivity index (χ4n) is 7.68. The second-order valence-corrected chi connectivity index (χ2v) is 13.1. The fourth-order valence-corrected chi connectivity index (χ4v) is 7.68. The molecule has 0 spiro atoms. The molecule has 7 aromatic carbocycles. The van der Waals surface area contributed by atoms with Gasteiger partial charge in [-0.25, -0.2) is 0 Å². The van der Waals surface area contributed by atoms with E-state index in [1.54, 1.807) is 0 Å². The van der Waals surface area contributed by atoms with Gasteiger partial charge < -0.3 is 9.13 Å². The summed E-state index contributed by atoms with van der Waals surface area (Å²) in [6, 6.07) is 57.8. The molecule has 0 atom stereocenters. The van der Waals surface area contributed by atoms with Crippen molar-refractivity contribution >= 4 is 43.6 Å². The molecule has 0 aliphatic carbocycles. The SMILES string of the molecule is Cc1cc(Cc2ccc(-n3c4ccccc4c4ccccc43)cc2)c(C)cc1Cc1ccc(-n2c3ccccc3c3ccccc32)cc1. The van der Waals surface area contributed by atoms with Crippen LogP contribution in [0.15, 0.2) is 158 Å². The second-order valence-electron chi connectivity index (χ2n) is 13.1. The van der Waals surface area contributed by atoms with E-state index < -0.39 is 0 Å². The van der Waals surface area contributed by atoms with Gasteiger partial charge in [-0.05, 0) is 109 Å². The molecule has 2 heteroatoms. The van der Waals surface area contributed by atoms with Gasteiger partial charge in [0.1, 0.15) is 0 Å². The molecule has 0 N–H and O–H groups in total. The van der Waals surface area contributed by atoms with Crippen molar-refractivity contribution in [1.29, 1.82) is 0 Å². The summed E-state index contributed by atoms with van der Waals surface area (Å²) in [5.41, 5.74) is 15.5. The van der Waals surface area contributed by atoms with Gasteiger partial charge in [0.15, 0.2) is 0 Å². The molecule has 9 rings (SSSR count). The monoisotopic (exact) mass is 616 g/mol. The number of rotatable bonds is 6. The standard InChI is InChI=1S/C46H36N2/c1-31-27-36(30-34-21-25-38(26-22-34)48-45-17-9-5-13-41(45)42-14-6-10-18-46(42)48)32(2)28-35(31)29-33-19-23-37(24-20-33)47-43-15-7-3-11-39(43)40-12-4-8-16-44(40)47/h3-28H,29-30H2,1-2H3. The normalized spacial score (nSPS) is 11.7. The predicted molar refractivity (Wildman–Crippen MR) is 203 cm³/mol. The lowest BCUT2D eigenvalue weighted by molar-refractivity contribution is 1.08. The molecule has 9 aromatic rings. The van der Waals surface area contributed by atoms with Gasteiger partial charge in [-0.1, -0.05) is 109 Å². The topological polar surface area (TPSA) is 9.86 Å². The maximum atomic E-state index is 2.40. The summed E-state index contributed by atoms with van der Waals surface area (Å²) in [4.78, 5) is 0. The van der Waals surface area contributed by atoms with Crippen LogP contribution in [-0.4, -0.2) is 9.13 Å². The van der Waals surface area contributed by atoms with Gasteiger partial charge in [0.05, 0.1) is 22.1 Å². The zero-order valence-corrected chi connectivity index (χ0v) is 27.3. The van der Waals surface area contributed by atoms with Gasteiger partial charge in [0.25, 0.3) is 0 Å². The predicted octanol–water partition coefficient (Wildman–Crippen LogP) is 11.7. The van der Waals surface area contributed by atoms with Gasteiger partial charge in [-0.2, -0.15) is 0 Å². The molecule has 230 valence electrons. The average Bonchev–Trinajstić information content (AvgIpc) is 3.64. The Hall–Kier alpha value is -5.86. The molecule has 48 heavy (non-hydrogen) atoms. The first kappa shape index (κ1) is 28.4. The van der Waals surface area contributed by atoms with E-state index in [9.17, 15) is 0 Å². The molecule has 2 aromatic heterocycles. The van der Waals surface area contributed by atoms with E-state index in [2.05, 4.69) is 181 Å². The van der Waals surface area contributed by atoms with E-state index in [-0.39, 0.29) is 0 Å². The Bertz CT molecular complexity index is 2320. The lowest BCUT2D eigenvalue weighted by Crippen LogP contribution is -2.00. The van der Waals surface area contributed by atoms with Crippen LogP contribution in [0, 0.1) is 13.8 Å². The summed E-state index contributed by atoms with van der Waals surface area (Å²) < 4.78 is 4.77. The second kappa shape index (κ2) is 11.4. The van der Waals surface area contributed by atoms with Crippen LogP contribution in [-0.2, 0) is 12.8 Å². The van der Waals surface area contributed by atoms with Gasteiger partial charge in [0, 0.05) is 32.9 Å². The minimum Gasteiger partial charge on any atom is -0.309 e. The van der Waals surface area contributed by atoms with Crippen molar-refractivity contribution in [2.75, 3.05) is 0 Å². The Kier molecular flexibility index (Phi) is 6.76. The van der Waals surface area contributed by atoms with Crippen molar-refractivity contribution in [3.05, 3.63) is 191 Å². The van der Waals surface area contributed by atoms with E-state index in [1.165, 1.54) is 88.4 Å². The maximum Gasteiger partial charge on any atom is 0.0541 e. The zero-order valence-electron chi connectivity index (χ0n) is 27.3. The first-order valence-corrected chi connectivity index (χ1v) is 16.9. The van der Waals surface area contributed by atoms with Gasteiger partial charge >= 0.3 is 0 Å². The summed E-state index contributed by atoms with van der Waals surface area (Å²) in [6.45, 7) is 4.52. The average molecular weight is 617 g/mol. The van der Waals surface area contributed by atoms with Crippen LogP contribution in [0.3, 0.4) is 0 Å². The van der Waals surface area contributed by atoms with Gasteiger partial charge in [-0.15, -0.1) is 0 Å². The number of hydrogen-bond donors (Lipinski definition) is 0. The van der Waals surface area contributed by atoms with Crippen LogP contribution >= 0.6 is 0 Å². The lowest BCUT2D eigenvalue weighted by atomic mass is 9.92. The first-order valence-electron chi connectivity index (χ1n) is 16.9. The lowest BCUT2D eigenvalue weighted by Gasteiger charge is -2.14. The summed E-state index contributed by atoms with van der Waals surface area (Å²) in [7, 11) is 0. The minimum atomic E-state index is 0.924. The summed E-state index contributed by atoms with van der Waals surface area (Å²) in [5.74, 6) is 0. The Morgan fingerprint density at radius 1 is 0.354 bits per heavy atom. The molecule has 0 saturated heterocycles. The number of nitrogens with zero attached hydrogens (tertiary/aromatic N) is 2. The molecule has 0 radical (unpaired) electrons. The highest BCUT2D eigenvalue weighted by Gasteiger charge is 2.14. The molecule has 0 fully saturated rings. The summed E-state index contributed by atoms with van der Waals surface area (Å²) in [5, 5.41) is 5.18. The zero-order chi connectivity index (χ0) is 32.2. The highest BCUT2D eigenvalue weighted by atomic mass is 15.0. The third kappa shape index (κ3) is 4.72. The van der Waals surface area contributed by atoms with Crippen molar-refractivity contribution in [2.45, 2.75) is 26.7 Å². The van der Waals surface area contributed by atoms with E-state index >= 15 is 0 Å². The van der Waals surface area contributed by atoms with Crippen LogP contribution in [0.1, 0.15) is 33.4 Å². The van der Waals surface area contributed by atoms with E-state index in [0.29, 0.717) is 0 Å². The third-order valence-electron chi connectivity index (χ3n) is 10.1. The number of aromatic nitrogens is 2. The molecule has 0 unspecified atom stereocenters. The molecule has 2 heterocycles. The van der Waals surface area contributed by atoms with Crippen LogP contribution in [0.25, 0.3) is 55.0 Å². The maximum absolute atomic E-state index is 2.40. The number of hydrogen-bond acceptors (Lipinski definition) is 0.